The van der Waals surface area contributed by atoms with E-state index in [0.717, 1.165) is 27.9 Å². The summed E-state index contributed by atoms with van der Waals surface area (Å²) in [5.41, 5.74) is 0. The van der Waals surface area contributed by atoms with E-state index in [-0.39, 0.29) is 0 Å². The first-order valence-corrected chi connectivity index (χ1v) is 7.48. The van der Waals surface area contributed by atoms with Gasteiger partial charge >= 0.3 is 23.9 Å². The fraction of sp³-hybridized carbons (Fsp3) is 0.692. The zero-order chi connectivity index (χ0) is 17.7. The van der Waals surface area contributed by atoms with Gasteiger partial charge in [0.15, 0.2) is 29.4 Å². The molecule has 0 amide bonds. The van der Waals surface area contributed by atoms with Gasteiger partial charge in [-0.05, 0) is 0 Å². The van der Waals surface area contributed by atoms with Gasteiger partial charge in [0.2, 0.25) is 0 Å². The fourth-order valence-electron chi connectivity index (χ4n) is 2.07. The third-order valence-corrected chi connectivity index (χ3v) is 3.56. The second kappa shape index (κ2) is 8.25. The molecule has 0 radical (unpaired) electrons. The van der Waals surface area contributed by atoms with Gasteiger partial charge in [0.25, 0.3) is 0 Å². The number of rotatable bonds is 4. The first-order valence-electron chi connectivity index (χ1n) is 6.56. The lowest BCUT2D eigenvalue weighted by Crippen LogP contribution is -2.61. The van der Waals surface area contributed by atoms with E-state index in [1.54, 1.807) is 0 Å². The monoisotopic (exact) mass is 396 g/mol. The highest BCUT2D eigenvalue weighted by Crippen LogP contribution is 2.31. The van der Waals surface area contributed by atoms with Crippen molar-refractivity contribution in [2.45, 2.75) is 50.2 Å². The second-order valence-corrected chi connectivity index (χ2v) is 5.56. The Morgan fingerprint density at radius 3 is 1.70 bits per heavy atom. The van der Waals surface area contributed by atoms with Crippen molar-refractivity contribution in [2.24, 2.45) is 0 Å². The molecule has 0 aromatic carbocycles. The predicted molar refractivity (Wildman–Crippen MR) is 76.3 cm³/mol. The molecule has 0 saturated carbocycles. The molecule has 130 valence electrons. The number of carbonyl (C=O) groups excluding carboxylic acids is 4. The SMILES string of the molecule is COC(=O)[C@@H]1OC(Br)[C@@H](OC(C)=O)[C@H](OC(C)=O)[C@H]1OC(C)=O. The maximum atomic E-state index is 11.9. The van der Waals surface area contributed by atoms with Crippen LogP contribution in [-0.4, -0.2) is 60.4 Å². The minimum atomic E-state index is -1.36. The van der Waals surface area contributed by atoms with Crippen LogP contribution in [0.2, 0.25) is 0 Å². The Kier molecular flexibility index (Phi) is 6.95. The molecular weight excluding hydrogens is 380 g/mol. The van der Waals surface area contributed by atoms with Crippen molar-refractivity contribution in [3.8, 4) is 0 Å². The minimum absolute atomic E-state index is 0.668. The van der Waals surface area contributed by atoms with Crippen LogP contribution in [0.4, 0.5) is 0 Å². The largest absolute Gasteiger partial charge is 0.467 e. The van der Waals surface area contributed by atoms with Crippen molar-refractivity contribution in [3.05, 3.63) is 0 Å². The lowest BCUT2D eigenvalue weighted by molar-refractivity contribution is -0.234. The molecule has 23 heavy (non-hydrogen) atoms. The van der Waals surface area contributed by atoms with E-state index < -0.39 is 53.3 Å². The smallest absolute Gasteiger partial charge is 0.339 e. The van der Waals surface area contributed by atoms with Crippen LogP contribution < -0.4 is 0 Å². The van der Waals surface area contributed by atoms with Crippen LogP contribution in [0.5, 0.6) is 0 Å². The van der Waals surface area contributed by atoms with Crippen molar-refractivity contribution in [2.75, 3.05) is 7.11 Å². The molecule has 0 spiro atoms. The van der Waals surface area contributed by atoms with Crippen LogP contribution in [0.3, 0.4) is 0 Å². The van der Waals surface area contributed by atoms with Gasteiger partial charge in [-0.2, -0.15) is 0 Å². The minimum Gasteiger partial charge on any atom is -0.467 e. The summed E-state index contributed by atoms with van der Waals surface area (Å²) in [6.07, 6.45) is -5.06. The zero-order valence-electron chi connectivity index (χ0n) is 12.9. The maximum absolute atomic E-state index is 11.9. The van der Waals surface area contributed by atoms with E-state index in [9.17, 15) is 19.2 Å². The second-order valence-electron chi connectivity index (χ2n) is 4.65. The summed E-state index contributed by atoms with van der Waals surface area (Å²) < 4.78 is 25.2. The summed E-state index contributed by atoms with van der Waals surface area (Å²) in [6, 6.07) is 0. The van der Waals surface area contributed by atoms with Gasteiger partial charge < -0.3 is 23.7 Å². The summed E-state index contributed by atoms with van der Waals surface area (Å²) in [7, 11) is 1.12. The number of hydrogen-bond acceptors (Lipinski definition) is 9. The molecule has 0 aromatic rings. The van der Waals surface area contributed by atoms with Crippen LogP contribution in [0.15, 0.2) is 0 Å². The molecule has 0 bridgehead atoms. The summed E-state index contributed by atoms with van der Waals surface area (Å²) in [6.45, 7) is 3.39. The number of esters is 4. The van der Waals surface area contributed by atoms with Gasteiger partial charge in [0.05, 0.1) is 7.11 Å². The lowest BCUT2D eigenvalue weighted by Gasteiger charge is -2.41. The number of carbonyl (C=O) groups is 4. The number of methoxy groups -OCH3 is 1. The molecular formula is C13H17BrO9. The zero-order valence-corrected chi connectivity index (χ0v) is 14.5. The molecule has 5 atom stereocenters. The van der Waals surface area contributed by atoms with Crippen molar-refractivity contribution in [3.63, 3.8) is 0 Å². The van der Waals surface area contributed by atoms with Crippen molar-refractivity contribution in [1.82, 2.24) is 0 Å². The first kappa shape index (κ1) is 19.4. The highest BCUT2D eigenvalue weighted by molar-refractivity contribution is 9.09. The summed E-state index contributed by atoms with van der Waals surface area (Å²) >= 11 is 3.11. The van der Waals surface area contributed by atoms with Crippen molar-refractivity contribution >= 4 is 39.8 Å². The standard InChI is InChI=1S/C13H17BrO9/c1-5(15)20-8-9(21-6(2)16)11(13(18)19-4)23-12(14)10(8)22-7(3)17/h8-12H,1-4H3/t8-,9-,10+,11-,12?/m1/s1. The van der Waals surface area contributed by atoms with E-state index in [2.05, 4.69) is 20.7 Å². The topological polar surface area (TPSA) is 114 Å². The Morgan fingerprint density at radius 1 is 0.826 bits per heavy atom. The Hall–Kier alpha value is -1.68. The van der Waals surface area contributed by atoms with Crippen molar-refractivity contribution < 1.29 is 42.9 Å². The third kappa shape index (κ3) is 5.17. The van der Waals surface area contributed by atoms with Gasteiger partial charge in [-0.25, -0.2) is 4.79 Å². The molecule has 1 rings (SSSR count). The number of hydrogen-bond donors (Lipinski definition) is 0. The average molecular weight is 397 g/mol. The first-order chi connectivity index (χ1) is 10.7. The van der Waals surface area contributed by atoms with E-state index in [4.69, 9.17) is 18.9 Å². The van der Waals surface area contributed by atoms with Gasteiger partial charge in [-0.15, -0.1) is 0 Å². The summed E-state index contributed by atoms with van der Waals surface area (Å²) in [4.78, 5) is 45.8. The van der Waals surface area contributed by atoms with E-state index in [1.807, 2.05) is 0 Å². The molecule has 0 aromatic heterocycles. The Morgan fingerprint density at radius 2 is 1.26 bits per heavy atom. The van der Waals surface area contributed by atoms with Crippen LogP contribution >= 0.6 is 15.9 Å². The quantitative estimate of drug-likeness (QED) is 0.369. The van der Waals surface area contributed by atoms with Gasteiger partial charge in [0.1, 0.15) is 0 Å². The third-order valence-electron chi connectivity index (χ3n) is 2.82. The van der Waals surface area contributed by atoms with Crippen LogP contribution in [0.1, 0.15) is 20.8 Å². The summed E-state index contributed by atoms with van der Waals surface area (Å²) in [5.74, 6) is -2.95. The summed E-state index contributed by atoms with van der Waals surface area (Å²) in [5, 5.41) is -0.980. The molecule has 1 aliphatic rings. The van der Waals surface area contributed by atoms with E-state index >= 15 is 0 Å². The van der Waals surface area contributed by atoms with E-state index in [1.165, 1.54) is 0 Å². The number of ether oxygens (including phenoxy) is 5. The van der Waals surface area contributed by atoms with Gasteiger partial charge in [0, 0.05) is 20.8 Å². The Balaban J connectivity index is 3.21. The molecule has 1 unspecified atom stereocenters. The van der Waals surface area contributed by atoms with E-state index in [0.29, 0.717) is 0 Å². The lowest BCUT2D eigenvalue weighted by atomic mass is 9.99. The van der Waals surface area contributed by atoms with Crippen LogP contribution in [-0.2, 0) is 42.9 Å². The molecule has 0 N–H and O–H groups in total. The highest BCUT2D eigenvalue weighted by atomic mass is 79.9. The van der Waals surface area contributed by atoms with Crippen LogP contribution in [0.25, 0.3) is 0 Å². The van der Waals surface area contributed by atoms with Gasteiger partial charge in [-0.3, -0.25) is 14.4 Å². The number of alkyl halides is 1. The Bertz CT molecular complexity index is 492. The fourth-order valence-corrected chi connectivity index (χ4v) is 2.71. The average Bonchev–Trinajstić information content (AvgIpc) is 2.43. The molecule has 10 heteroatoms. The molecule has 0 aliphatic carbocycles. The molecule has 1 saturated heterocycles. The molecule has 9 nitrogen and oxygen atoms in total. The molecule has 1 fully saturated rings. The van der Waals surface area contributed by atoms with Crippen LogP contribution in [0, 0.1) is 0 Å². The molecule has 1 heterocycles. The van der Waals surface area contributed by atoms with Gasteiger partial charge in [-0.1, -0.05) is 15.9 Å². The number of halogens is 1. The predicted octanol–water partition coefficient (Wildman–Crippen LogP) is 0.0743. The Labute approximate surface area is 140 Å². The normalized spacial score (nSPS) is 30.0. The molecule has 1 aliphatic heterocycles. The maximum Gasteiger partial charge on any atom is 0.339 e. The highest BCUT2D eigenvalue weighted by Gasteiger charge is 2.53. The van der Waals surface area contributed by atoms with Crippen molar-refractivity contribution in [1.29, 1.82) is 0 Å².